The molecule has 0 radical (unpaired) electrons. The predicted molar refractivity (Wildman–Crippen MR) is 74.3 cm³/mol. The highest BCUT2D eigenvalue weighted by Crippen LogP contribution is 2.31. The van der Waals surface area contributed by atoms with Gasteiger partial charge in [-0.15, -0.1) is 0 Å². The zero-order chi connectivity index (χ0) is 14.0. The average molecular weight is 264 g/mol. The van der Waals surface area contributed by atoms with E-state index in [0.717, 1.165) is 18.8 Å². The minimum Gasteiger partial charge on any atom is -0.465 e. The van der Waals surface area contributed by atoms with Crippen LogP contribution in [-0.2, 0) is 4.74 Å². The molecule has 1 heterocycles. The second kappa shape index (κ2) is 5.09. The number of methoxy groups -OCH3 is 1. The first-order chi connectivity index (χ1) is 8.94. The lowest BCUT2D eigenvalue weighted by Gasteiger charge is -2.37. The maximum Gasteiger partial charge on any atom is 0.340 e. The number of ether oxygens (including phenoxy) is 1. The summed E-state index contributed by atoms with van der Waals surface area (Å²) in [7, 11) is 1.34. The van der Waals surface area contributed by atoms with Gasteiger partial charge in [0.05, 0.1) is 29.6 Å². The number of hydrogen-bond donors (Lipinski definition) is 2. The second-order valence-corrected chi connectivity index (χ2v) is 5.21. The van der Waals surface area contributed by atoms with Crippen molar-refractivity contribution in [1.82, 2.24) is 0 Å². The molecule has 0 atom stereocenters. The molecule has 0 amide bonds. The van der Waals surface area contributed by atoms with E-state index in [1.165, 1.54) is 7.11 Å². The highest BCUT2D eigenvalue weighted by molar-refractivity contribution is 5.98. The number of carbonyl (C=O) groups excluding carboxylic acids is 1. The fraction of sp³-hybridized carbons (Fsp3) is 0.500. The van der Waals surface area contributed by atoms with Crippen molar-refractivity contribution in [2.24, 2.45) is 0 Å². The summed E-state index contributed by atoms with van der Waals surface area (Å²) in [6, 6.07) is 5.34. The first-order valence-corrected chi connectivity index (χ1v) is 6.39. The van der Waals surface area contributed by atoms with Crippen molar-refractivity contribution in [3.63, 3.8) is 0 Å². The highest BCUT2D eigenvalue weighted by Gasteiger charge is 2.28. The van der Waals surface area contributed by atoms with E-state index in [4.69, 9.17) is 10.5 Å². The van der Waals surface area contributed by atoms with Crippen LogP contribution in [0, 0.1) is 0 Å². The zero-order valence-electron chi connectivity index (χ0n) is 11.3. The number of carbonyl (C=O) groups is 1. The van der Waals surface area contributed by atoms with Crippen molar-refractivity contribution in [3.05, 3.63) is 23.8 Å². The van der Waals surface area contributed by atoms with Gasteiger partial charge in [-0.25, -0.2) is 4.79 Å². The van der Waals surface area contributed by atoms with Crippen LogP contribution in [0.4, 0.5) is 11.4 Å². The maximum absolute atomic E-state index is 11.6. The summed E-state index contributed by atoms with van der Waals surface area (Å²) in [6.07, 6.45) is 1.38. The number of esters is 1. The highest BCUT2D eigenvalue weighted by atomic mass is 16.5. The van der Waals surface area contributed by atoms with E-state index in [1.54, 1.807) is 12.1 Å². The van der Waals surface area contributed by atoms with Gasteiger partial charge in [-0.05, 0) is 31.9 Å². The molecular formula is C14H20N2O3. The van der Waals surface area contributed by atoms with Crippen molar-refractivity contribution in [3.8, 4) is 0 Å². The van der Waals surface area contributed by atoms with Crippen LogP contribution in [0.5, 0.6) is 0 Å². The summed E-state index contributed by atoms with van der Waals surface area (Å²) in [6.45, 7) is 3.29. The third-order valence-corrected chi connectivity index (χ3v) is 3.67. The fourth-order valence-electron chi connectivity index (χ4n) is 2.35. The Bertz CT molecular complexity index is 476. The molecule has 0 saturated carbocycles. The van der Waals surface area contributed by atoms with E-state index in [1.807, 2.05) is 13.0 Å². The van der Waals surface area contributed by atoms with Gasteiger partial charge in [-0.1, -0.05) is 6.07 Å². The van der Waals surface area contributed by atoms with Crippen LogP contribution in [0.15, 0.2) is 18.2 Å². The van der Waals surface area contributed by atoms with Gasteiger partial charge in [0.1, 0.15) is 0 Å². The summed E-state index contributed by atoms with van der Waals surface area (Å²) in [5.41, 5.74) is 7.11. The van der Waals surface area contributed by atoms with Crippen molar-refractivity contribution in [2.75, 3.05) is 30.8 Å². The number of anilines is 2. The molecule has 1 fully saturated rings. The van der Waals surface area contributed by atoms with Crippen LogP contribution in [0.1, 0.15) is 30.1 Å². The predicted octanol–water partition coefficient (Wildman–Crippen LogP) is 1.41. The fourth-order valence-corrected chi connectivity index (χ4v) is 2.35. The molecule has 1 aromatic rings. The molecular weight excluding hydrogens is 244 g/mol. The van der Waals surface area contributed by atoms with E-state index in [9.17, 15) is 9.90 Å². The van der Waals surface area contributed by atoms with Crippen LogP contribution >= 0.6 is 0 Å². The molecule has 19 heavy (non-hydrogen) atoms. The third-order valence-electron chi connectivity index (χ3n) is 3.67. The van der Waals surface area contributed by atoms with Gasteiger partial charge in [-0.2, -0.15) is 0 Å². The Labute approximate surface area is 113 Å². The van der Waals surface area contributed by atoms with Gasteiger partial charge in [0.25, 0.3) is 0 Å². The van der Waals surface area contributed by atoms with Crippen molar-refractivity contribution in [1.29, 1.82) is 0 Å². The molecule has 0 aliphatic carbocycles. The minimum atomic E-state index is -0.606. The topological polar surface area (TPSA) is 75.8 Å². The summed E-state index contributed by atoms with van der Waals surface area (Å²) in [5.74, 6) is -0.427. The Morgan fingerprint density at radius 3 is 2.63 bits per heavy atom. The number of hydrogen-bond acceptors (Lipinski definition) is 5. The SMILES string of the molecule is COC(=O)c1cccc(N2CCC(C)(O)CC2)c1N. The molecule has 0 bridgehead atoms. The molecule has 2 rings (SSSR count). The number of nitrogen functional groups attached to an aromatic ring is 1. The number of nitrogens with zero attached hydrogens (tertiary/aromatic N) is 1. The Morgan fingerprint density at radius 1 is 1.42 bits per heavy atom. The molecule has 1 aliphatic rings. The third kappa shape index (κ3) is 2.81. The van der Waals surface area contributed by atoms with Crippen LogP contribution in [0.2, 0.25) is 0 Å². The smallest absolute Gasteiger partial charge is 0.340 e. The molecule has 0 unspecified atom stereocenters. The molecule has 5 nitrogen and oxygen atoms in total. The van der Waals surface area contributed by atoms with Crippen molar-refractivity contribution in [2.45, 2.75) is 25.4 Å². The quantitative estimate of drug-likeness (QED) is 0.624. The molecule has 5 heteroatoms. The summed E-state index contributed by atoms with van der Waals surface area (Å²) in [5, 5.41) is 9.96. The Kier molecular flexibility index (Phi) is 3.66. The molecule has 0 spiro atoms. The van der Waals surface area contributed by atoms with Gasteiger partial charge < -0.3 is 20.5 Å². The summed E-state index contributed by atoms with van der Waals surface area (Å²) >= 11 is 0. The van der Waals surface area contributed by atoms with Gasteiger partial charge in [-0.3, -0.25) is 0 Å². The van der Waals surface area contributed by atoms with E-state index in [0.29, 0.717) is 24.1 Å². The van der Waals surface area contributed by atoms with Gasteiger partial charge >= 0.3 is 5.97 Å². The van der Waals surface area contributed by atoms with Gasteiger partial charge in [0.15, 0.2) is 0 Å². The number of aliphatic hydroxyl groups is 1. The number of para-hydroxylation sites is 1. The first kappa shape index (κ1) is 13.7. The molecule has 0 aromatic heterocycles. The Hall–Kier alpha value is -1.75. The van der Waals surface area contributed by atoms with E-state index in [2.05, 4.69) is 4.90 Å². The largest absolute Gasteiger partial charge is 0.465 e. The lowest BCUT2D eigenvalue weighted by atomic mass is 9.93. The van der Waals surface area contributed by atoms with E-state index >= 15 is 0 Å². The van der Waals surface area contributed by atoms with Crippen LogP contribution in [0.25, 0.3) is 0 Å². The van der Waals surface area contributed by atoms with Crippen LogP contribution in [-0.4, -0.2) is 36.9 Å². The first-order valence-electron chi connectivity index (χ1n) is 6.39. The summed E-state index contributed by atoms with van der Waals surface area (Å²) in [4.78, 5) is 13.7. The lowest BCUT2D eigenvalue weighted by molar-refractivity contribution is 0.0351. The summed E-state index contributed by atoms with van der Waals surface area (Å²) < 4.78 is 4.72. The maximum atomic E-state index is 11.6. The average Bonchev–Trinajstić information content (AvgIpc) is 2.39. The standard InChI is InChI=1S/C14H20N2O3/c1-14(18)6-8-16(9-7-14)11-5-3-4-10(12(11)15)13(17)19-2/h3-5,18H,6-9,15H2,1-2H3. The lowest BCUT2D eigenvalue weighted by Crippen LogP contribution is -2.42. The number of benzene rings is 1. The normalized spacial score (nSPS) is 18.2. The van der Waals surface area contributed by atoms with Gasteiger partial charge in [0.2, 0.25) is 0 Å². The molecule has 104 valence electrons. The van der Waals surface area contributed by atoms with Crippen molar-refractivity contribution >= 4 is 17.3 Å². The van der Waals surface area contributed by atoms with Gasteiger partial charge in [0, 0.05) is 13.1 Å². The van der Waals surface area contributed by atoms with Crippen LogP contribution < -0.4 is 10.6 Å². The van der Waals surface area contributed by atoms with Crippen LogP contribution in [0.3, 0.4) is 0 Å². The molecule has 3 N–H and O–H groups in total. The Balaban J connectivity index is 2.24. The molecule has 1 aliphatic heterocycles. The van der Waals surface area contributed by atoms with E-state index in [-0.39, 0.29) is 0 Å². The van der Waals surface area contributed by atoms with Crippen molar-refractivity contribution < 1.29 is 14.6 Å². The Morgan fingerprint density at radius 2 is 2.05 bits per heavy atom. The molecule has 1 aromatic carbocycles. The number of nitrogens with two attached hydrogens (primary N) is 1. The van der Waals surface area contributed by atoms with E-state index < -0.39 is 11.6 Å². The zero-order valence-corrected chi connectivity index (χ0v) is 11.3. The molecule has 1 saturated heterocycles. The number of rotatable bonds is 2. The number of piperidine rings is 1. The second-order valence-electron chi connectivity index (χ2n) is 5.21. The monoisotopic (exact) mass is 264 g/mol. The minimum absolute atomic E-state index is 0.386.